The molecule has 5 heteroatoms. The Balaban J connectivity index is 1.84. The average molecular weight is 320 g/mol. The molecule has 0 spiro atoms. The molecule has 1 heterocycles. The van der Waals surface area contributed by atoms with Crippen molar-refractivity contribution in [3.63, 3.8) is 0 Å². The summed E-state index contributed by atoms with van der Waals surface area (Å²) in [6, 6.07) is 18.0. The predicted molar refractivity (Wildman–Crippen MR) is 94.4 cm³/mol. The van der Waals surface area contributed by atoms with Gasteiger partial charge in [-0.15, -0.1) is 0 Å². The molecule has 0 aliphatic heterocycles. The molecule has 3 rings (SSSR count). The van der Waals surface area contributed by atoms with Crippen molar-refractivity contribution in [2.75, 3.05) is 5.43 Å². The highest BCUT2D eigenvalue weighted by Crippen LogP contribution is 2.18. The number of benzene rings is 2. The molecule has 1 N–H and O–H groups in total. The molecule has 2 aromatic carbocycles. The van der Waals surface area contributed by atoms with Gasteiger partial charge in [0.05, 0.1) is 11.4 Å². The molecule has 0 aliphatic rings. The van der Waals surface area contributed by atoms with Crippen LogP contribution in [0.25, 0.3) is 11.3 Å². The fourth-order valence-electron chi connectivity index (χ4n) is 2.26. The summed E-state index contributed by atoms with van der Waals surface area (Å²) in [4.78, 5) is 8.84. The van der Waals surface area contributed by atoms with Crippen LogP contribution >= 0.6 is 0 Å². The molecule has 0 amide bonds. The van der Waals surface area contributed by atoms with Crippen LogP contribution in [-0.4, -0.2) is 15.7 Å². The zero-order valence-electron chi connectivity index (χ0n) is 13.5. The van der Waals surface area contributed by atoms with Gasteiger partial charge >= 0.3 is 0 Å². The van der Waals surface area contributed by atoms with Gasteiger partial charge in [0.1, 0.15) is 5.82 Å². The van der Waals surface area contributed by atoms with Gasteiger partial charge in [0.15, 0.2) is 0 Å². The third-order valence-corrected chi connectivity index (χ3v) is 3.51. The van der Waals surface area contributed by atoms with E-state index in [4.69, 9.17) is 0 Å². The highest BCUT2D eigenvalue weighted by Gasteiger charge is 2.04. The topological polar surface area (TPSA) is 50.2 Å². The lowest BCUT2D eigenvalue weighted by Gasteiger charge is -2.06. The monoisotopic (exact) mass is 320 g/mol. The van der Waals surface area contributed by atoms with Crippen molar-refractivity contribution in [3.05, 3.63) is 77.7 Å². The number of nitrogens with zero attached hydrogens (tertiary/aromatic N) is 3. The smallest absolute Gasteiger partial charge is 0.244 e. The Kier molecular flexibility index (Phi) is 4.61. The van der Waals surface area contributed by atoms with Crippen LogP contribution in [0.2, 0.25) is 0 Å². The maximum atomic E-state index is 13.0. The summed E-state index contributed by atoms with van der Waals surface area (Å²) in [7, 11) is 0. The zero-order valence-corrected chi connectivity index (χ0v) is 13.5. The third kappa shape index (κ3) is 3.81. The molecular weight excluding hydrogens is 303 g/mol. The van der Waals surface area contributed by atoms with E-state index in [9.17, 15) is 4.39 Å². The van der Waals surface area contributed by atoms with Crippen molar-refractivity contribution in [2.24, 2.45) is 5.10 Å². The first-order valence-electron chi connectivity index (χ1n) is 7.59. The maximum Gasteiger partial charge on any atom is 0.244 e. The Hall–Kier alpha value is -3.08. The van der Waals surface area contributed by atoms with Crippen LogP contribution in [-0.2, 0) is 0 Å². The van der Waals surface area contributed by atoms with Crippen LogP contribution in [0, 0.1) is 12.7 Å². The summed E-state index contributed by atoms with van der Waals surface area (Å²) < 4.78 is 13.0. The number of nitrogens with one attached hydrogen (secondary N) is 1. The molecule has 0 radical (unpaired) electrons. The minimum absolute atomic E-state index is 0.269. The molecule has 4 nitrogen and oxygen atoms in total. The number of aromatic nitrogens is 2. The summed E-state index contributed by atoms with van der Waals surface area (Å²) >= 11 is 0. The zero-order chi connectivity index (χ0) is 16.9. The van der Waals surface area contributed by atoms with E-state index in [1.54, 1.807) is 12.1 Å². The number of hydrogen-bond donors (Lipinski definition) is 1. The largest absolute Gasteiger partial charge is 0.245 e. The van der Waals surface area contributed by atoms with E-state index in [1.807, 2.05) is 50.2 Å². The highest BCUT2D eigenvalue weighted by atomic mass is 19.1. The molecule has 0 atom stereocenters. The summed E-state index contributed by atoms with van der Waals surface area (Å²) in [5.74, 6) is 0.157. The van der Waals surface area contributed by atoms with E-state index in [2.05, 4.69) is 20.5 Å². The summed E-state index contributed by atoms with van der Waals surface area (Å²) in [5, 5.41) is 4.29. The Morgan fingerprint density at radius 2 is 1.71 bits per heavy atom. The maximum absolute atomic E-state index is 13.0. The number of hydrogen-bond acceptors (Lipinski definition) is 4. The molecule has 24 heavy (non-hydrogen) atoms. The van der Waals surface area contributed by atoms with Crippen molar-refractivity contribution in [3.8, 4) is 11.3 Å². The first-order chi connectivity index (χ1) is 11.6. The lowest BCUT2D eigenvalue weighted by Crippen LogP contribution is -2.04. The highest BCUT2D eigenvalue weighted by molar-refractivity contribution is 5.98. The quantitative estimate of drug-likeness (QED) is 0.571. The van der Waals surface area contributed by atoms with Crippen molar-refractivity contribution in [1.82, 2.24) is 9.97 Å². The Labute approximate surface area is 140 Å². The number of anilines is 1. The van der Waals surface area contributed by atoms with E-state index >= 15 is 0 Å². The number of aryl methyl sites for hydroxylation is 1. The molecular formula is C19H17FN4. The van der Waals surface area contributed by atoms with Gasteiger partial charge in [-0.1, -0.05) is 42.5 Å². The Morgan fingerprint density at radius 1 is 1.00 bits per heavy atom. The molecule has 0 unspecified atom stereocenters. The molecule has 3 aromatic rings. The van der Waals surface area contributed by atoms with Gasteiger partial charge in [0.25, 0.3) is 0 Å². The minimum atomic E-state index is -0.269. The van der Waals surface area contributed by atoms with Crippen LogP contribution in [0.5, 0.6) is 0 Å². The third-order valence-electron chi connectivity index (χ3n) is 3.51. The molecule has 0 fully saturated rings. The van der Waals surface area contributed by atoms with Crippen molar-refractivity contribution in [1.29, 1.82) is 0 Å². The second kappa shape index (κ2) is 7.00. The van der Waals surface area contributed by atoms with Gasteiger partial charge in [-0.3, -0.25) is 0 Å². The minimum Gasteiger partial charge on any atom is -0.245 e. The fourth-order valence-corrected chi connectivity index (χ4v) is 2.26. The van der Waals surface area contributed by atoms with Crippen LogP contribution < -0.4 is 5.43 Å². The molecule has 0 saturated carbocycles. The van der Waals surface area contributed by atoms with E-state index < -0.39 is 0 Å². The van der Waals surface area contributed by atoms with Crippen molar-refractivity contribution in [2.45, 2.75) is 13.8 Å². The van der Waals surface area contributed by atoms with E-state index in [0.29, 0.717) is 5.95 Å². The molecule has 0 bridgehead atoms. The summed E-state index contributed by atoms with van der Waals surface area (Å²) in [5.41, 5.74) is 7.14. The first kappa shape index (κ1) is 15.8. The Morgan fingerprint density at radius 3 is 2.42 bits per heavy atom. The second-order valence-electron chi connectivity index (χ2n) is 5.40. The summed E-state index contributed by atoms with van der Waals surface area (Å²) in [6.07, 6.45) is 0. The number of hydrazone groups is 1. The van der Waals surface area contributed by atoms with Crippen LogP contribution in [0.4, 0.5) is 10.3 Å². The summed E-state index contributed by atoms with van der Waals surface area (Å²) in [6.45, 7) is 3.75. The van der Waals surface area contributed by atoms with Gasteiger partial charge < -0.3 is 0 Å². The molecule has 0 saturated heterocycles. The Bertz CT molecular complexity index is 858. The van der Waals surface area contributed by atoms with Gasteiger partial charge in [-0.05, 0) is 37.6 Å². The number of rotatable bonds is 4. The van der Waals surface area contributed by atoms with Gasteiger partial charge in [0.2, 0.25) is 5.95 Å². The van der Waals surface area contributed by atoms with Crippen molar-refractivity contribution < 1.29 is 4.39 Å². The average Bonchev–Trinajstić information content (AvgIpc) is 2.60. The second-order valence-corrected chi connectivity index (χ2v) is 5.40. The SMILES string of the molecule is C/C(=N/Nc1nc(C)cc(-c2ccccc2)n1)c1ccc(F)cc1. The lowest BCUT2D eigenvalue weighted by atomic mass is 10.1. The fraction of sp³-hybridized carbons (Fsp3) is 0.105. The van der Waals surface area contributed by atoms with Gasteiger partial charge in [0, 0.05) is 11.3 Å². The van der Waals surface area contributed by atoms with Crippen LogP contribution in [0.15, 0.2) is 65.8 Å². The van der Waals surface area contributed by atoms with Gasteiger partial charge in [-0.2, -0.15) is 5.10 Å². The molecule has 0 aliphatic carbocycles. The standard InChI is InChI=1S/C19H17FN4/c1-13-12-18(16-6-4-3-5-7-16)22-19(21-13)24-23-14(2)15-8-10-17(20)11-9-15/h3-12H,1-2H3,(H,21,22,24)/b23-14-. The predicted octanol–water partition coefficient (Wildman–Crippen LogP) is 4.43. The van der Waals surface area contributed by atoms with E-state index in [0.717, 1.165) is 28.2 Å². The van der Waals surface area contributed by atoms with E-state index in [-0.39, 0.29) is 5.82 Å². The van der Waals surface area contributed by atoms with Crippen LogP contribution in [0.1, 0.15) is 18.2 Å². The van der Waals surface area contributed by atoms with Crippen LogP contribution in [0.3, 0.4) is 0 Å². The lowest BCUT2D eigenvalue weighted by molar-refractivity contribution is 0.628. The molecule has 120 valence electrons. The van der Waals surface area contributed by atoms with E-state index in [1.165, 1.54) is 12.1 Å². The van der Waals surface area contributed by atoms with Gasteiger partial charge in [-0.25, -0.2) is 19.8 Å². The van der Waals surface area contributed by atoms with Crippen molar-refractivity contribution >= 4 is 11.7 Å². The normalized spacial score (nSPS) is 11.4. The number of halogens is 1. The molecule has 1 aromatic heterocycles. The first-order valence-corrected chi connectivity index (χ1v) is 7.59.